The molecule has 0 aliphatic carbocycles. The highest BCUT2D eigenvalue weighted by molar-refractivity contribution is 6.23. The summed E-state index contributed by atoms with van der Waals surface area (Å²) in [6.45, 7) is 3.85. The van der Waals surface area contributed by atoms with Crippen LogP contribution >= 0.6 is 0 Å². The predicted octanol–water partition coefficient (Wildman–Crippen LogP) is 1.45. The Bertz CT molecular complexity index is 750. The number of carbonyl (C=O) groups is 3. The molecule has 1 aromatic heterocycles. The molecule has 24 heavy (non-hydrogen) atoms. The number of hydrogen-bond donors (Lipinski definition) is 2. The fraction of sp³-hybridized carbons (Fsp3) is 0.312. The minimum absolute atomic E-state index is 0.111. The highest BCUT2D eigenvalue weighted by atomic mass is 16.2. The van der Waals surface area contributed by atoms with Crippen LogP contribution in [-0.4, -0.2) is 43.8 Å². The van der Waals surface area contributed by atoms with E-state index in [1.165, 1.54) is 6.33 Å². The number of hydrogen-bond acceptors (Lipinski definition) is 5. The van der Waals surface area contributed by atoms with Crippen LogP contribution in [0.5, 0.6) is 0 Å². The summed E-state index contributed by atoms with van der Waals surface area (Å²) in [6, 6.07) is 5.66. The second kappa shape index (κ2) is 6.23. The standard InChI is InChI=1S/C16H17N5O3/c1-9(2)7-12(13(22)19-16-17-8-18-20-16)21-14(23)10-5-3-4-6-11(10)15(21)24/h3-6,8-9,12H,7H2,1-2H3,(H2,17,18,19,20,22)/t12-/m0/s1. The molecule has 0 unspecified atom stereocenters. The van der Waals surface area contributed by atoms with Gasteiger partial charge in [-0.25, -0.2) is 5.10 Å². The smallest absolute Gasteiger partial charge is 0.262 e. The first kappa shape index (κ1) is 15.9. The zero-order valence-corrected chi connectivity index (χ0v) is 13.3. The maximum Gasteiger partial charge on any atom is 0.262 e. The van der Waals surface area contributed by atoms with E-state index in [4.69, 9.17) is 0 Å². The van der Waals surface area contributed by atoms with Crippen molar-refractivity contribution in [2.45, 2.75) is 26.3 Å². The van der Waals surface area contributed by atoms with Crippen molar-refractivity contribution in [2.24, 2.45) is 5.92 Å². The van der Waals surface area contributed by atoms with Crippen LogP contribution in [0.1, 0.15) is 41.0 Å². The van der Waals surface area contributed by atoms with E-state index >= 15 is 0 Å². The highest BCUT2D eigenvalue weighted by Gasteiger charge is 2.42. The summed E-state index contributed by atoms with van der Waals surface area (Å²) in [5.41, 5.74) is 0.646. The molecule has 3 rings (SSSR count). The first-order valence-electron chi connectivity index (χ1n) is 7.62. The first-order valence-corrected chi connectivity index (χ1v) is 7.62. The van der Waals surface area contributed by atoms with Gasteiger partial charge in [-0.15, -0.1) is 0 Å². The van der Waals surface area contributed by atoms with Gasteiger partial charge < -0.3 is 0 Å². The molecule has 0 bridgehead atoms. The van der Waals surface area contributed by atoms with Gasteiger partial charge in [0.1, 0.15) is 12.4 Å². The molecule has 0 radical (unpaired) electrons. The molecule has 0 saturated carbocycles. The third-order valence-corrected chi connectivity index (χ3v) is 3.79. The van der Waals surface area contributed by atoms with E-state index in [1.54, 1.807) is 24.3 Å². The van der Waals surface area contributed by atoms with Crippen LogP contribution in [0, 0.1) is 5.92 Å². The molecule has 0 spiro atoms. The number of carbonyl (C=O) groups excluding carboxylic acids is 3. The molecule has 1 aliphatic rings. The van der Waals surface area contributed by atoms with Crippen molar-refractivity contribution in [3.63, 3.8) is 0 Å². The number of anilines is 1. The molecule has 1 atom stereocenters. The van der Waals surface area contributed by atoms with Crippen LogP contribution in [0.15, 0.2) is 30.6 Å². The molecule has 124 valence electrons. The molecular weight excluding hydrogens is 310 g/mol. The number of aromatic amines is 1. The van der Waals surface area contributed by atoms with Crippen molar-refractivity contribution in [3.05, 3.63) is 41.7 Å². The zero-order chi connectivity index (χ0) is 17.3. The second-order valence-electron chi connectivity index (χ2n) is 5.99. The molecule has 0 fully saturated rings. The number of H-pyrrole nitrogens is 1. The monoisotopic (exact) mass is 327 g/mol. The van der Waals surface area contributed by atoms with E-state index in [2.05, 4.69) is 20.5 Å². The number of rotatable bonds is 5. The minimum atomic E-state index is -0.914. The molecule has 8 nitrogen and oxygen atoms in total. The Morgan fingerprint density at radius 2 is 1.83 bits per heavy atom. The minimum Gasteiger partial charge on any atom is -0.293 e. The molecule has 8 heteroatoms. The SMILES string of the molecule is CC(C)C[C@@H](C(=O)Nc1ncn[nH]1)N1C(=O)c2ccccc2C1=O. The molecule has 1 aromatic carbocycles. The zero-order valence-electron chi connectivity index (χ0n) is 13.3. The van der Waals surface area contributed by atoms with Crippen LogP contribution in [0.2, 0.25) is 0 Å². The van der Waals surface area contributed by atoms with Gasteiger partial charge in [-0.3, -0.25) is 24.6 Å². The topological polar surface area (TPSA) is 108 Å². The Morgan fingerprint density at radius 3 is 2.33 bits per heavy atom. The lowest BCUT2D eigenvalue weighted by Gasteiger charge is -2.26. The van der Waals surface area contributed by atoms with Gasteiger partial charge in [0.2, 0.25) is 11.9 Å². The summed E-state index contributed by atoms with van der Waals surface area (Å²) in [5.74, 6) is -1.09. The molecule has 3 amide bonds. The van der Waals surface area contributed by atoms with Crippen molar-refractivity contribution in [2.75, 3.05) is 5.32 Å². The lowest BCUT2D eigenvalue weighted by molar-refractivity contribution is -0.120. The lowest BCUT2D eigenvalue weighted by atomic mass is 10.0. The maximum atomic E-state index is 12.6. The molecule has 0 saturated heterocycles. The normalized spacial score (nSPS) is 14.9. The summed E-state index contributed by atoms with van der Waals surface area (Å²) < 4.78 is 0. The summed E-state index contributed by atoms with van der Waals surface area (Å²) in [7, 11) is 0. The van der Waals surface area contributed by atoms with Gasteiger partial charge in [-0.05, 0) is 24.5 Å². The highest BCUT2D eigenvalue weighted by Crippen LogP contribution is 2.27. The summed E-state index contributed by atoms with van der Waals surface area (Å²) in [6.07, 6.45) is 1.61. The van der Waals surface area contributed by atoms with Gasteiger partial charge in [0, 0.05) is 0 Å². The van der Waals surface area contributed by atoms with Crippen LogP contribution in [-0.2, 0) is 4.79 Å². The van der Waals surface area contributed by atoms with Gasteiger partial charge >= 0.3 is 0 Å². The Morgan fingerprint density at radius 1 is 1.21 bits per heavy atom. The Labute approximate surface area is 138 Å². The molecular formula is C16H17N5O3. The van der Waals surface area contributed by atoms with Crippen LogP contribution in [0.25, 0.3) is 0 Å². The summed E-state index contributed by atoms with van der Waals surface area (Å²) in [4.78, 5) is 42.8. The number of amides is 3. The van der Waals surface area contributed by atoms with Crippen LogP contribution in [0.3, 0.4) is 0 Å². The Balaban J connectivity index is 1.91. The summed E-state index contributed by atoms with van der Waals surface area (Å²) >= 11 is 0. The van der Waals surface area contributed by atoms with Gasteiger partial charge in [-0.2, -0.15) is 10.1 Å². The fourth-order valence-corrected chi connectivity index (χ4v) is 2.73. The maximum absolute atomic E-state index is 12.6. The lowest BCUT2D eigenvalue weighted by Crippen LogP contribution is -2.48. The van der Waals surface area contributed by atoms with E-state index in [0.717, 1.165) is 4.90 Å². The van der Waals surface area contributed by atoms with E-state index in [-0.39, 0.29) is 11.9 Å². The average Bonchev–Trinajstić information content (AvgIpc) is 3.14. The van der Waals surface area contributed by atoms with Crippen molar-refractivity contribution >= 4 is 23.7 Å². The number of nitrogens with one attached hydrogen (secondary N) is 2. The van der Waals surface area contributed by atoms with E-state index in [0.29, 0.717) is 17.5 Å². The quantitative estimate of drug-likeness (QED) is 0.808. The fourth-order valence-electron chi connectivity index (χ4n) is 2.73. The largest absolute Gasteiger partial charge is 0.293 e. The average molecular weight is 327 g/mol. The van der Waals surface area contributed by atoms with Gasteiger partial charge in [0.15, 0.2) is 0 Å². The second-order valence-corrected chi connectivity index (χ2v) is 5.99. The van der Waals surface area contributed by atoms with Crippen molar-refractivity contribution in [1.29, 1.82) is 0 Å². The third kappa shape index (κ3) is 2.78. The third-order valence-electron chi connectivity index (χ3n) is 3.79. The van der Waals surface area contributed by atoms with Crippen molar-refractivity contribution < 1.29 is 14.4 Å². The molecule has 2 N–H and O–H groups in total. The van der Waals surface area contributed by atoms with E-state index < -0.39 is 23.8 Å². The van der Waals surface area contributed by atoms with Gasteiger partial charge in [-0.1, -0.05) is 26.0 Å². The van der Waals surface area contributed by atoms with E-state index in [1.807, 2.05) is 13.8 Å². The first-order chi connectivity index (χ1) is 11.5. The van der Waals surface area contributed by atoms with Crippen molar-refractivity contribution in [3.8, 4) is 0 Å². The predicted molar refractivity (Wildman–Crippen MR) is 85.2 cm³/mol. The Kier molecular flexibility index (Phi) is 4.11. The number of benzene rings is 1. The van der Waals surface area contributed by atoms with E-state index in [9.17, 15) is 14.4 Å². The van der Waals surface area contributed by atoms with Gasteiger partial charge in [0.25, 0.3) is 11.8 Å². The van der Waals surface area contributed by atoms with Crippen LogP contribution < -0.4 is 5.32 Å². The van der Waals surface area contributed by atoms with Crippen LogP contribution in [0.4, 0.5) is 5.95 Å². The molecule has 2 heterocycles. The number of imide groups is 1. The Hall–Kier alpha value is -3.03. The number of nitrogens with zero attached hydrogens (tertiary/aromatic N) is 3. The van der Waals surface area contributed by atoms with Gasteiger partial charge in [0.05, 0.1) is 11.1 Å². The summed E-state index contributed by atoms with van der Waals surface area (Å²) in [5, 5.41) is 8.74. The molecule has 2 aromatic rings. The number of aromatic nitrogens is 3. The molecule has 1 aliphatic heterocycles. The number of fused-ring (bicyclic) bond motifs is 1. The van der Waals surface area contributed by atoms with Crippen molar-refractivity contribution in [1.82, 2.24) is 20.1 Å².